The van der Waals surface area contributed by atoms with Gasteiger partial charge >= 0.3 is 0 Å². The zero-order valence-electron chi connectivity index (χ0n) is 8.39. The molecule has 2 heterocycles. The fourth-order valence-electron chi connectivity index (χ4n) is 1.26. The molecule has 0 radical (unpaired) electrons. The Kier molecular flexibility index (Phi) is 1.95. The number of hydrogen-bond acceptors (Lipinski definition) is 4. The van der Waals surface area contributed by atoms with Gasteiger partial charge in [0.05, 0.1) is 17.6 Å². The van der Waals surface area contributed by atoms with Crippen LogP contribution in [0.4, 0.5) is 11.5 Å². The minimum atomic E-state index is 0.848. The van der Waals surface area contributed by atoms with Gasteiger partial charge in [0.2, 0.25) is 0 Å². The molecular weight excluding hydrogens is 180 g/mol. The van der Waals surface area contributed by atoms with E-state index in [1.54, 1.807) is 15.6 Å². The van der Waals surface area contributed by atoms with Gasteiger partial charge in [-0.15, -0.1) is 5.10 Å². The normalized spacial score (nSPS) is 10.5. The molecule has 0 unspecified atom stereocenters. The Bertz CT molecular complexity index is 440. The van der Waals surface area contributed by atoms with Gasteiger partial charge in [-0.2, -0.15) is 5.10 Å². The topological polar surface area (TPSA) is 60.6 Å². The first-order chi connectivity index (χ1) is 6.66. The number of aromatic nitrogens is 5. The first-order valence-corrected chi connectivity index (χ1v) is 4.29. The van der Waals surface area contributed by atoms with Gasteiger partial charge in [0, 0.05) is 20.3 Å². The van der Waals surface area contributed by atoms with E-state index in [-0.39, 0.29) is 0 Å². The van der Waals surface area contributed by atoms with Gasteiger partial charge in [0.25, 0.3) is 0 Å². The second kappa shape index (κ2) is 3.13. The molecule has 74 valence electrons. The molecule has 14 heavy (non-hydrogen) atoms. The summed E-state index contributed by atoms with van der Waals surface area (Å²) in [7, 11) is 3.72. The molecule has 2 aromatic rings. The number of rotatable bonds is 2. The van der Waals surface area contributed by atoms with Crippen LogP contribution in [0, 0.1) is 6.92 Å². The number of aryl methyl sites for hydroxylation is 3. The van der Waals surface area contributed by atoms with Crippen LogP contribution < -0.4 is 5.32 Å². The Balaban J connectivity index is 2.27. The van der Waals surface area contributed by atoms with Crippen molar-refractivity contribution in [2.45, 2.75) is 6.92 Å². The molecule has 1 N–H and O–H groups in total. The molecule has 0 saturated heterocycles. The molecule has 0 bridgehead atoms. The van der Waals surface area contributed by atoms with Crippen molar-refractivity contribution in [1.82, 2.24) is 24.8 Å². The van der Waals surface area contributed by atoms with Crippen LogP contribution in [0.2, 0.25) is 0 Å². The number of nitrogens with one attached hydrogen (secondary N) is 1. The SMILES string of the molecule is Cc1nn(C)cc1Nc1cnnn1C. The van der Waals surface area contributed by atoms with E-state index in [1.807, 2.05) is 27.2 Å². The molecule has 2 aromatic heterocycles. The molecule has 6 nitrogen and oxygen atoms in total. The van der Waals surface area contributed by atoms with Crippen LogP contribution >= 0.6 is 0 Å². The van der Waals surface area contributed by atoms with E-state index in [0.29, 0.717) is 0 Å². The molecule has 0 spiro atoms. The first-order valence-electron chi connectivity index (χ1n) is 4.29. The maximum absolute atomic E-state index is 4.23. The zero-order chi connectivity index (χ0) is 10.1. The van der Waals surface area contributed by atoms with Crippen molar-refractivity contribution in [2.75, 3.05) is 5.32 Å². The third-order valence-electron chi connectivity index (χ3n) is 1.99. The standard InChI is InChI=1S/C8H12N6/c1-6-7(5-13(2)11-6)10-8-4-9-12-14(8)3/h4-5,10H,1-3H3. The van der Waals surface area contributed by atoms with E-state index in [1.165, 1.54) is 0 Å². The van der Waals surface area contributed by atoms with E-state index in [4.69, 9.17) is 0 Å². The lowest BCUT2D eigenvalue weighted by Gasteiger charge is -2.02. The third kappa shape index (κ3) is 1.46. The fourth-order valence-corrected chi connectivity index (χ4v) is 1.26. The van der Waals surface area contributed by atoms with Crippen molar-refractivity contribution in [1.29, 1.82) is 0 Å². The highest BCUT2D eigenvalue weighted by Gasteiger charge is 2.05. The van der Waals surface area contributed by atoms with Crippen LogP contribution in [0.5, 0.6) is 0 Å². The van der Waals surface area contributed by atoms with Gasteiger partial charge in [0.15, 0.2) is 0 Å². The maximum Gasteiger partial charge on any atom is 0.148 e. The average molecular weight is 192 g/mol. The first kappa shape index (κ1) is 8.74. The molecule has 2 rings (SSSR count). The minimum Gasteiger partial charge on any atom is -0.336 e. The highest BCUT2D eigenvalue weighted by atomic mass is 15.4. The molecule has 0 aliphatic heterocycles. The van der Waals surface area contributed by atoms with Crippen molar-refractivity contribution < 1.29 is 0 Å². The predicted octanol–water partition coefficient (Wildman–Crippen LogP) is 0.601. The van der Waals surface area contributed by atoms with Crippen LogP contribution in [0.1, 0.15) is 5.69 Å². The number of nitrogens with zero attached hydrogens (tertiary/aromatic N) is 5. The molecule has 0 aliphatic carbocycles. The quantitative estimate of drug-likeness (QED) is 0.757. The summed E-state index contributed by atoms with van der Waals surface area (Å²) >= 11 is 0. The van der Waals surface area contributed by atoms with Gasteiger partial charge in [-0.1, -0.05) is 5.21 Å². The second-order valence-corrected chi connectivity index (χ2v) is 3.17. The summed E-state index contributed by atoms with van der Waals surface area (Å²) in [5.41, 5.74) is 1.92. The monoisotopic (exact) mass is 192 g/mol. The van der Waals surface area contributed by atoms with Crippen LogP contribution in [-0.4, -0.2) is 24.8 Å². The lowest BCUT2D eigenvalue weighted by Crippen LogP contribution is -1.99. The molecule has 0 saturated carbocycles. The smallest absolute Gasteiger partial charge is 0.148 e. The van der Waals surface area contributed by atoms with Crippen LogP contribution in [0.25, 0.3) is 0 Å². The summed E-state index contributed by atoms with van der Waals surface area (Å²) < 4.78 is 3.44. The van der Waals surface area contributed by atoms with Crippen molar-refractivity contribution in [3.05, 3.63) is 18.1 Å². The lowest BCUT2D eigenvalue weighted by atomic mass is 10.4. The minimum absolute atomic E-state index is 0.848. The third-order valence-corrected chi connectivity index (χ3v) is 1.99. The zero-order valence-corrected chi connectivity index (χ0v) is 8.39. The number of anilines is 2. The molecular formula is C8H12N6. The van der Waals surface area contributed by atoms with Crippen LogP contribution in [0.3, 0.4) is 0 Å². The summed E-state index contributed by atoms with van der Waals surface area (Å²) in [4.78, 5) is 0. The molecule has 6 heteroatoms. The Labute approximate surface area is 81.5 Å². The fraction of sp³-hybridized carbons (Fsp3) is 0.375. The summed E-state index contributed by atoms with van der Waals surface area (Å²) in [6.07, 6.45) is 3.59. The average Bonchev–Trinajstić information content (AvgIpc) is 2.62. The largest absolute Gasteiger partial charge is 0.336 e. The molecule has 0 aliphatic rings. The van der Waals surface area contributed by atoms with Gasteiger partial charge in [-0.05, 0) is 6.92 Å². The predicted molar refractivity (Wildman–Crippen MR) is 52.2 cm³/mol. The van der Waals surface area contributed by atoms with Crippen molar-refractivity contribution >= 4 is 11.5 Å². The van der Waals surface area contributed by atoms with Gasteiger partial charge in [0.1, 0.15) is 5.82 Å². The summed E-state index contributed by atoms with van der Waals surface area (Å²) in [6, 6.07) is 0. The Morgan fingerprint density at radius 1 is 1.36 bits per heavy atom. The highest BCUT2D eigenvalue weighted by molar-refractivity contribution is 5.56. The van der Waals surface area contributed by atoms with E-state index in [2.05, 4.69) is 20.7 Å². The van der Waals surface area contributed by atoms with Crippen molar-refractivity contribution in [2.24, 2.45) is 14.1 Å². The van der Waals surface area contributed by atoms with Gasteiger partial charge in [-0.25, -0.2) is 4.68 Å². The van der Waals surface area contributed by atoms with Crippen molar-refractivity contribution in [3.8, 4) is 0 Å². The van der Waals surface area contributed by atoms with E-state index < -0.39 is 0 Å². The summed E-state index contributed by atoms with van der Waals surface area (Å²) in [5, 5.41) is 15.0. The maximum atomic E-state index is 4.23. The van der Waals surface area contributed by atoms with Crippen molar-refractivity contribution in [3.63, 3.8) is 0 Å². The van der Waals surface area contributed by atoms with Gasteiger partial charge < -0.3 is 5.32 Å². The molecule has 0 amide bonds. The lowest BCUT2D eigenvalue weighted by molar-refractivity contribution is 0.721. The summed E-state index contributed by atoms with van der Waals surface area (Å²) in [5.74, 6) is 0.848. The van der Waals surface area contributed by atoms with E-state index in [0.717, 1.165) is 17.2 Å². The van der Waals surface area contributed by atoms with E-state index >= 15 is 0 Å². The molecule has 0 fully saturated rings. The molecule has 0 atom stereocenters. The Hall–Kier alpha value is -1.85. The van der Waals surface area contributed by atoms with Crippen LogP contribution in [-0.2, 0) is 14.1 Å². The second-order valence-electron chi connectivity index (χ2n) is 3.17. The summed E-state index contributed by atoms with van der Waals surface area (Å²) in [6.45, 7) is 1.95. The highest BCUT2D eigenvalue weighted by Crippen LogP contribution is 2.16. The Morgan fingerprint density at radius 2 is 2.14 bits per heavy atom. The van der Waals surface area contributed by atoms with E-state index in [9.17, 15) is 0 Å². The molecule has 0 aromatic carbocycles. The van der Waals surface area contributed by atoms with Crippen LogP contribution in [0.15, 0.2) is 12.4 Å². The number of hydrogen-bond donors (Lipinski definition) is 1. The Morgan fingerprint density at radius 3 is 2.64 bits per heavy atom. The van der Waals surface area contributed by atoms with Gasteiger partial charge in [-0.3, -0.25) is 4.68 Å².